The Morgan fingerprint density at radius 2 is 0.788 bits per heavy atom. The van der Waals surface area contributed by atoms with Gasteiger partial charge in [-0.3, -0.25) is 10.8 Å². The number of thioether (sulfide) groups is 2. The highest BCUT2D eigenvalue weighted by atomic mass is 80.0. The zero-order chi connectivity index (χ0) is 37.6. The van der Waals surface area contributed by atoms with Crippen molar-refractivity contribution >= 4 is 198 Å². The number of alkyl halides is 1. The summed E-state index contributed by atoms with van der Waals surface area (Å²) in [6.07, 6.45) is 0. The molecule has 4 aromatic rings. The zero-order valence-electron chi connectivity index (χ0n) is 26.9. The van der Waals surface area contributed by atoms with Crippen molar-refractivity contribution in [1.82, 2.24) is 0 Å². The number of hydrogen-bond acceptors (Lipinski definition) is 6. The zero-order valence-corrected chi connectivity index (χ0v) is 45.6. The van der Waals surface area contributed by atoms with Crippen LogP contribution >= 0.6 is 188 Å². The van der Waals surface area contributed by atoms with Gasteiger partial charge in [0.1, 0.15) is 4.03 Å². The minimum Gasteiger partial charge on any atom is -0.397 e. The third-order valence-corrected chi connectivity index (χ3v) is 9.12. The molecule has 4 aromatic carbocycles. The van der Waals surface area contributed by atoms with Crippen molar-refractivity contribution < 1.29 is 10.2 Å². The van der Waals surface area contributed by atoms with Crippen molar-refractivity contribution in [3.05, 3.63) is 137 Å². The Labute approximate surface area is 406 Å². The Balaban J connectivity index is -0.000000176. The third kappa shape index (κ3) is 42.8. The van der Waals surface area contributed by atoms with E-state index in [1.165, 1.54) is 40.2 Å². The summed E-state index contributed by atoms with van der Waals surface area (Å²) < 4.78 is 4.13. The maximum Gasteiger partial charge on any atom is 0.151 e. The van der Waals surface area contributed by atoms with E-state index in [2.05, 4.69) is 138 Å². The predicted molar refractivity (Wildman–Crippen MR) is 275 cm³/mol. The number of halogens is 10. The summed E-state index contributed by atoms with van der Waals surface area (Å²) in [4.78, 5) is 0. The average molecular weight is 1420 g/mol. The number of aliphatic hydroxyl groups is 2. The fourth-order valence-electron chi connectivity index (χ4n) is 2.65. The number of nitrogens with two attached hydrogens (primary N) is 2. The van der Waals surface area contributed by atoms with Crippen LogP contribution in [0.4, 0.5) is 0 Å². The van der Waals surface area contributed by atoms with Gasteiger partial charge in [-0.25, -0.2) is 0 Å². The Bertz CT molecular complexity index is 1310. The van der Waals surface area contributed by atoms with Crippen LogP contribution in [0, 0.1) is 10.8 Å². The summed E-state index contributed by atoms with van der Waals surface area (Å²) in [7, 11) is 0. The molecule has 8 N–H and O–H groups in total. The van der Waals surface area contributed by atoms with Gasteiger partial charge in [-0.15, -0.1) is 34.0 Å². The van der Waals surface area contributed by atoms with Crippen LogP contribution in [-0.2, 0) is 23.4 Å². The molecule has 0 atom stereocenters. The molecule has 0 bridgehead atoms. The molecule has 6 nitrogen and oxygen atoms in total. The van der Waals surface area contributed by atoms with Gasteiger partial charge in [-0.05, 0) is 124 Å². The number of rotatable bonds is 6. The van der Waals surface area contributed by atoms with Crippen LogP contribution in [0.1, 0.15) is 36.6 Å². The maximum absolute atomic E-state index is 8.61. The molecule has 294 valence electrons. The molecule has 0 aliphatic heterocycles. The number of nitrogens with one attached hydrogen (secondary N) is 2. The van der Waals surface area contributed by atoms with Crippen LogP contribution in [0.15, 0.2) is 115 Å². The van der Waals surface area contributed by atoms with Crippen molar-refractivity contribution in [2.24, 2.45) is 11.5 Å². The van der Waals surface area contributed by atoms with Crippen molar-refractivity contribution in [2.75, 3.05) is 6.61 Å². The topological polar surface area (TPSA) is 140 Å². The molecule has 0 unspecified atom stereocenters. The second-order valence-corrected chi connectivity index (χ2v) is 30.2. The van der Waals surface area contributed by atoms with E-state index in [4.69, 9.17) is 32.5 Å². The fourth-order valence-corrected chi connectivity index (χ4v) is 5.11. The van der Waals surface area contributed by atoms with Crippen LogP contribution in [0.3, 0.4) is 0 Å². The summed E-state index contributed by atoms with van der Waals surface area (Å²) in [6, 6.07) is 31.8. The first-order chi connectivity index (χ1) is 23.2. The van der Waals surface area contributed by atoms with Crippen molar-refractivity contribution in [3.8, 4) is 0 Å². The second kappa shape index (κ2) is 42.3. The number of hydrogen-bond donors (Lipinski definition) is 6. The van der Waals surface area contributed by atoms with Crippen molar-refractivity contribution in [3.63, 3.8) is 0 Å². The smallest absolute Gasteiger partial charge is 0.151 e. The quantitative estimate of drug-likeness (QED) is 0.0492. The van der Waals surface area contributed by atoms with Gasteiger partial charge in [0, 0.05) is 41.3 Å². The molecular formula is C33H43Br10N4O2PS2. The highest BCUT2D eigenvalue weighted by Crippen LogP contribution is 2.59. The number of amidine groups is 2. The molecule has 0 aliphatic rings. The van der Waals surface area contributed by atoms with Crippen molar-refractivity contribution in [1.29, 1.82) is 10.8 Å². The van der Waals surface area contributed by atoms with Crippen LogP contribution in [0.5, 0.6) is 0 Å². The first kappa shape index (κ1) is 62.9. The molecule has 0 heterocycles. The molecule has 0 saturated carbocycles. The molecule has 52 heavy (non-hydrogen) atoms. The fraction of sp³-hybridized carbons (Fsp3) is 0.212. The molecular weight excluding hydrogens is 1380 g/mol. The van der Waals surface area contributed by atoms with Gasteiger partial charge in [-0.2, -0.15) is 0 Å². The highest BCUT2D eigenvalue weighted by Gasteiger charge is 1.96. The maximum atomic E-state index is 8.61. The first-order valence-corrected chi connectivity index (χ1v) is 27.3. The van der Waals surface area contributed by atoms with Gasteiger partial charge in [-0.1, -0.05) is 159 Å². The van der Waals surface area contributed by atoms with E-state index in [1.54, 1.807) is 6.92 Å². The lowest BCUT2D eigenvalue weighted by atomic mass is 10.2. The largest absolute Gasteiger partial charge is 0.397 e. The molecule has 0 saturated heterocycles. The molecule has 0 aromatic heterocycles. The van der Waals surface area contributed by atoms with Gasteiger partial charge in [0.15, 0.2) is 10.3 Å². The summed E-state index contributed by atoms with van der Waals surface area (Å²) in [5, 5.41) is 31.5. The lowest BCUT2D eigenvalue weighted by Crippen LogP contribution is -2.03. The second-order valence-electron chi connectivity index (χ2n) is 8.61. The standard InChI is InChI=1S/2C8H9BrN2S.C7H6Br2.C7H7BrO.C2H6O.CH4.Br3P.2BrH/c2*9-7-3-1-6(2-4-7)5-12-8(10)11;8-5-6-1-3-7(9)4-2-6;8-7-3-1-6(5-9)2-4-7;1-2-3;;1-4(2)3;;/h2*1-4H,5H2,(H3,10,11);1-4H,5H2;1-4,9H,5H2;3H,2H2,1H3;1H4;;2*1H. The highest BCUT2D eigenvalue weighted by molar-refractivity contribution is 9.93. The Morgan fingerprint density at radius 1 is 0.577 bits per heavy atom. The minimum atomic E-state index is -0.183. The molecule has 0 fully saturated rings. The lowest BCUT2D eigenvalue weighted by Gasteiger charge is -1.99. The van der Waals surface area contributed by atoms with Gasteiger partial charge >= 0.3 is 0 Å². The van der Waals surface area contributed by atoms with E-state index >= 15 is 0 Å². The summed E-state index contributed by atoms with van der Waals surface area (Å²) in [5.41, 5.74) is 15.0. The molecule has 4 rings (SSSR count). The van der Waals surface area contributed by atoms with Gasteiger partial charge in [0.05, 0.1) is 6.61 Å². The lowest BCUT2D eigenvalue weighted by molar-refractivity contribution is 0.282. The summed E-state index contributed by atoms with van der Waals surface area (Å²) in [6.45, 7) is 2.05. The van der Waals surface area contributed by atoms with Crippen LogP contribution in [-0.4, -0.2) is 27.2 Å². The Hall–Kier alpha value is 1.67. The van der Waals surface area contributed by atoms with Gasteiger partial charge in [0.25, 0.3) is 0 Å². The predicted octanol–water partition coefficient (Wildman–Crippen LogP) is 15.6. The van der Waals surface area contributed by atoms with Crippen LogP contribution in [0.2, 0.25) is 0 Å². The molecule has 0 radical (unpaired) electrons. The molecule has 0 spiro atoms. The number of aliphatic hydroxyl groups excluding tert-OH is 2. The first-order valence-electron chi connectivity index (χ1n) is 13.6. The third-order valence-electron chi connectivity index (χ3n) is 4.78. The van der Waals surface area contributed by atoms with E-state index < -0.39 is 0 Å². The monoisotopic (exact) mass is 1410 g/mol. The SMILES string of the molecule is Br.Br.BrCc1ccc(Br)cc1.BrP(Br)Br.C.CCO.N=C(N)SCc1ccc(Br)cc1.N=C(N)SCc1ccc(Br)cc1.OCc1ccc(Br)cc1. The van der Waals surface area contributed by atoms with E-state index in [9.17, 15) is 0 Å². The normalized spacial score (nSPS) is 8.85. The molecule has 0 aliphatic carbocycles. The van der Waals surface area contributed by atoms with Crippen molar-refractivity contribution in [2.45, 2.75) is 37.8 Å². The Kier molecular flexibility index (Phi) is 51.1. The summed E-state index contributed by atoms with van der Waals surface area (Å²) >= 11 is 28.9. The minimum absolute atomic E-state index is 0. The van der Waals surface area contributed by atoms with E-state index in [1.807, 2.05) is 84.9 Å². The van der Waals surface area contributed by atoms with E-state index in [0.29, 0.717) is 0 Å². The van der Waals surface area contributed by atoms with Gasteiger partial charge in [0.2, 0.25) is 0 Å². The van der Waals surface area contributed by atoms with Gasteiger partial charge < -0.3 is 21.7 Å². The van der Waals surface area contributed by atoms with E-state index in [-0.39, 0.29) is 69.0 Å². The van der Waals surface area contributed by atoms with E-state index in [0.717, 1.165) is 40.3 Å². The van der Waals surface area contributed by atoms with Crippen LogP contribution < -0.4 is 11.5 Å². The van der Waals surface area contributed by atoms with Crippen LogP contribution in [0.25, 0.3) is 0 Å². The number of benzene rings is 4. The Morgan fingerprint density at radius 3 is 0.981 bits per heavy atom. The summed E-state index contributed by atoms with van der Waals surface area (Å²) in [5.74, 6) is 1.53. The average Bonchev–Trinajstić information content (AvgIpc) is 3.06. The molecule has 19 heteroatoms. The molecule has 0 amide bonds.